The molecular weight excluding hydrogens is 328 g/mol. The van der Waals surface area contributed by atoms with E-state index in [1.807, 2.05) is 18.3 Å². The summed E-state index contributed by atoms with van der Waals surface area (Å²) < 4.78 is 0. The van der Waals surface area contributed by atoms with E-state index in [-0.39, 0.29) is 0 Å². The summed E-state index contributed by atoms with van der Waals surface area (Å²) in [5, 5.41) is 5.65. The molecule has 25 heavy (non-hydrogen) atoms. The van der Waals surface area contributed by atoms with E-state index >= 15 is 0 Å². The first-order valence-corrected chi connectivity index (χ1v) is 10.3. The predicted molar refractivity (Wildman–Crippen MR) is 105 cm³/mol. The summed E-state index contributed by atoms with van der Waals surface area (Å²) in [4.78, 5) is 4.46. The molecule has 0 radical (unpaired) electrons. The van der Waals surface area contributed by atoms with Gasteiger partial charge in [0.25, 0.3) is 0 Å². The van der Waals surface area contributed by atoms with Gasteiger partial charge in [0.15, 0.2) is 0 Å². The monoisotopic (exact) mass is 354 g/mol. The molecule has 0 spiro atoms. The Kier molecular flexibility index (Phi) is 3.74. The first-order valence-electron chi connectivity index (χ1n) is 9.90. The molecule has 0 aliphatic heterocycles. The highest BCUT2D eigenvalue weighted by Gasteiger charge is 2.50. The second kappa shape index (κ2) is 5.87. The molecule has 0 amide bonds. The zero-order chi connectivity index (χ0) is 17.0. The lowest BCUT2D eigenvalue weighted by atomic mass is 9.48. The van der Waals surface area contributed by atoms with E-state index in [0.717, 1.165) is 33.7 Å². The van der Waals surface area contributed by atoms with E-state index in [4.69, 9.17) is 11.6 Å². The summed E-state index contributed by atoms with van der Waals surface area (Å²) in [5.41, 5.74) is 2.68. The number of nitrogens with one attached hydrogen (secondary N) is 1. The Balaban J connectivity index is 1.36. The van der Waals surface area contributed by atoms with Crippen LogP contribution in [-0.2, 0) is 0 Å². The summed E-state index contributed by atoms with van der Waals surface area (Å²) >= 11 is 6.32. The van der Waals surface area contributed by atoms with Crippen molar-refractivity contribution in [3.63, 3.8) is 0 Å². The molecule has 2 aromatic rings. The van der Waals surface area contributed by atoms with Crippen LogP contribution in [0.5, 0.6) is 0 Å². The van der Waals surface area contributed by atoms with Gasteiger partial charge in [-0.25, -0.2) is 0 Å². The summed E-state index contributed by atoms with van der Waals surface area (Å²) in [6.45, 7) is 2.36. The average Bonchev–Trinajstić information content (AvgIpc) is 2.54. The lowest BCUT2D eigenvalue weighted by Gasteiger charge is -2.57. The minimum absolute atomic E-state index is 0.487. The van der Waals surface area contributed by atoms with Crippen LogP contribution in [0.2, 0.25) is 5.02 Å². The van der Waals surface area contributed by atoms with Crippen molar-refractivity contribution in [1.29, 1.82) is 0 Å². The van der Waals surface area contributed by atoms with Crippen LogP contribution >= 0.6 is 11.6 Å². The minimum Gasteiger partial charge on any atom is -0.382 e. The summed E-state index contributed by atoms with van der Waals surface area (Å²) in [6.07, 6.45) is 12.2. The van der Waals surface area contributed by atoms with Crippen molar-refractivity contribution in [2.24, 2.45) is 23.2 Å². The van der Waals surface area contributed by atoms with E-state index in [1.54, 1.807) is 0 Å². The van der Waals surface area contributed by atoms with Crippen LogP contribution in [0.4, 0.5) is 5.69 Å². The first kappa shape index (κ1) is 15.9. The van der Waals surface area contributed by atoms with Crippen LogP contribution in [0, 0.1) is 23.2 Å². The van der Waals surface area contributed by atoms with E-state index in [1.165, 1.54) is 50.6 Å². The van der Waals surface area contributed by atoms with Gasteiger partial charge in [0, 0.05) is 23.3 Å². The van der Waals surface area contributed by atoms with Gasteiger partial charge >= 0.3 is 0 Å². The molecule has 1 heterocycles. The maximum absolute atomic E-state index is 6.32. The second-order valence-electron chi connectivity index (χ2n) is 9.16. The van der Waals surface area contributed by atoms with Crippen molar-refractivity contribution in [3.8, 4) is 0 Å². The number of rotatable bonds is 4. The number of fused-ring (bicyclic) bond motifs is 1. The van der Waals surface area contributed by atoms with E-state index in [9.17, 15) is 0 Å². The van der Waals surface area contributed by atoms with Crippen LogP contribution in [0.1, 0.15) is 51.9 Å². The highest BCUT2D eigenvalue weighted by molar-refractivity contribution is 6.35. The van der Waals surface area contributed by atoms with Crippen LogP contribution < -0.4 is 5.32 Å². The molecule has 4 fully saturated rings. The first-order chi connectivity index (χ1) is 12.1. The topological polar surface area (TPSA) is 24.9 Å². The molecule has 2 nitrogen and oxygen atoms in total. The van der Waals surface area contributed by atoms with Gasteiger partial charge in [-0.05, 0) is 87.2 Å². The summed E-state index contributed by atoms with van der Waals surface area (Å²) in [6, 6.07) is 8.63. The molecule has 0 saturated heterocycles. The van der Waals surface area contributed by atoms with Crippen LogP contribution in [0.3, 0.4) is 0 Å². The number of aromatic nitrogens is 1. The fourth-order valence-corrected chi connectivity index (χ4v) is 7.00. The van der Waals surface area contributed by atoms with Crippen molar-refractivity contribution >= 4 is 28.2 Å². The predicted octanol–water partition coefficient (Wildman–Crippen LogP) is 6.30. The lowest BCUT2D eigenvalue weighted by Crippen LogP contribution is -2.47. The van der Waals surface area contributed by atoms with E-state index in [2.05, 4.69) is 29.4 Å². The number of hydrogen-bond acceptors (Lipinski definition) is 2. The normalized spacial score (nSPS) is 34.4. The van der Waals surface area contributed by atoms with Crippen LogP contribution in [-0.4, -0.2) is 11.0 Å². The molecule has 4 aliphatic rings. The molecule has 1 unspecified atom stereocenters. The Morgan fingerprint density at radius 3 is 2.48 bits per heavy atom. The van der Waals surface area contributed by atoms with Crippen molar-refractivity contribution in [3.05, 3.63) is 35.5 Å². The third-order valence-electron chi connectivity index (χ3n) is 7.03. The molecule has 4 aliphatic carbocycles. The summed E-state index contributed by atoms with van der Waals surface area (Å²) in [7, 11) is 0. The largest absolute Gasteiger partial charge is 0.382 e. The van der Waals surface area contributed by atoms with Gasteiger partial charge in [0.2, 0.25) is 0 Å². The molecular formula is C22H27ClN2. The van der Waals surface area contributed by atoms with Gasteiger partial charge < -0.3 is 5.32 Å². The number of para-hydroxylation sites is 1. The number of anilines is 1. The molecule has 4 bridgehead atoms. The number of nitrogens with zero attached hydrogens (tertiary/aromatic N) is 1. The van der Waals surface area contributed by atoms with Crippen LogP contribution in [0.25, 0.3) is 10.9 Å². The maximum Gasteiger partial charge on any atom is 0.0908 e. The molecule has 1 N–H and O–H groups in total. The van der Waals surface area contributed by atoms with Crippen molar-refractivity contribution in [1.82, 2.24) is 4.98 Å². The highest BCUT2D eigenvalue weighted by atomic mass is 35.5. The van der Waals surface area contributed by atoms with Crippen molar-refractivity contribution in [2.75, 3.05) is 5.32 Å². The molecule has 1 aromatic heterocycles. The summed E-state index contributed by atoms with van der Waals surface area (Å²) in [5.74, 6) is 3.08. The molecule has 3 heteroatoms. The Hall–Kier alpha value is -1.28. The van der Waals surface area contributed by atoms with Crippen LogP contribution in [0.15, 0.2) is 30.5 Å². The minimum atomic E-state index is 0.487. The molecule has 4 saturated carbocycles. The zero-order valence-corrected chi connectivity index (χ0v) is 15.7. The molecule has 132 valence electrons. The quantitative estimate of drug-likeness (QED) is 0.697. The Morgan fingerprint density at radius 2 is 1.80 bits per heavy atom. The van der Waals surface area contributed by atoms with Gasteiger partial charge in [0.05, 0.1) is 10.5 Å². The Bertz CT molecular complexity index is 764. The maximum atomic E-state index is 6.32. The standard InChI is InChI=1S/C22H27ClN2/c1-14(10-22-11-15-7-16(12-22)9-17(8-15)13-22)25-20-5-6-24-21-18(20)3-2-4-19(21)23/h2-6,14-17H,7-13H2,1H3,(H,24,25). The van der Waals surface area contributed by atoms with Gasteiger partial charge in [-0.2, -0.15) is 0 Å². The Labute approximate surface area is 155 Å². The lowest BCUT2D eigenvalue weighted by molar-refractivity contribution is -0.0587. The molecule has 1 atom stereocenters. The molecule has 1 aromatic carbocycles. The SMILES string of the molecule is CC(CC12CC3CC(CC(C3)C1)C2)Nc1ccnc2c(Cl)cccc12. The van der Waals surface area contributed by atoms with Crippen molar-refractivity contribution < 1.29 is 0 Å². The van der Waals surface area contributed by atoms with Gasteiger partial charge in [0.1, 0.15) is 0 Å². The van der Waals surface area contributed by atoms with E-state index in [0.29, 0.717) is 11.5 Å². The number of hydrogen-bond donors (Lipinski definition) is 1. The number of pyridine rings is 1. The van der Waals surface area contributed by atoms with Crippen molar-refractivity contribution in [2.45, 2.75) is 57.9 Å². The Morgan fingerprint density at radius 1 is 1.12 bits per heavy atom. The third kappa shape index (κ3) is 2.83. The number of halogens is 1. The molecule has 6 rings (SSSR count). The smallest absolute Gasteiger partial charge is 0.0908 e. The van der Waals surface area contributed by atoms with Gasteiger partial charge in [-0.15, -0.1) is 0 Å². The average molecular weight is 355 g/mol. The third-order valence-corrected chi connectivity index (χ3v) is 7.33. The zero-order valence-electron chi connectivity index (χ0n) is 15.0. The van der Waals surface area contributed by atoms with E-state index < -0.39 is 0 Å². The number of benzene rings is 1. The highest BCUT2D eigenvalue weighted by Crippen LogP contribution is 2.61. The fraction of sp³-hybridized carbons (Fsp3) is 0.591. The second-order valence-corrected chi connectivity index (χ2v) is 9.57. The fourth-order valence-electron chi connectivity index (χ4n) is 6.77. The van der Waals surface area contributed by atoms with Gasteiger partial charge in [-0.1, -0.05) is 23.7 Å². The van der Waals surface area contributed by atoms with Gasteiger partial charge in [-0.3, -0.25) is 4.98 Å².